The molecule has 0 aliphatic rings. The molecule has 0 unspecified atom stereocenters. The predicted molar refractivity (Wildman–Crippen MR) is 99.3 cm³/mol. The van der Waals surface area contributed by atoms with E-state index in [1.54, 1.807) is 33.5 Å². The summed E-state index contributed by atoms with van der Waals surface area (Å²) in [5, 5.41) is 11.2. The number of ether oxygens (including phenoxy) is 4. The summed E-state index contributed by atoms with van der Waals surface area (Å²) in [6.45, 7) is 1.90. The van der Waals surface area contributed by atoms with E-state index in [0.717, 1.165) is 11.1 Å². The fourth-order valence-electron chi connectivity index (χ4n) is 2.58. The van der Waals surface area contributed by atoms with Crippen LogP contribution in [0.4, 0.5) is 5.69 Å². The van der Waals surface area contributed by atoms with E-state index in [4.69, 9.17) is 18.9 Å². The molecule has 0 spiro atoms. The molecule has 26 heavy (non-hydrogen) atoms. The van der Waals surface area contributed by atoms with E-state index in [1.807, 2.05) is 25.1 Å². The topological polar surface area (TPSA) is 80.1 Å². The Morgan fingerprint density at radius 3 is 1.96 bits per heavy atom. The van der Waals surface area contributed by atoms with E-state index in [9.17, 15) is 10.1 Å². The molecule has 0 aliphatic carbocycles. The molecular weight excluding hydrogens is 338 g/mol. The average Bonchev–Trinajstić information content (AvgIpc) is 2.66. The maximum Gasteiger partial charge on any atom is 0.311 e. The van der Waals surface area contributed by atoms with Crippen molar-refractivity contribution < 1.29 is 23.9 Å². The Hall–Kier alpha value is -3.22. The largest absolute Gasteiger partial charge is 0.493 e. The van der Waals surface area contributed by atoms with Gasteiger partial charge in [-0.3, -0.25) is 10.1 Å². The van der Waals surface area contributed by atoms with Crippen LogP contribution in [0.5, 0.6) is 23.0 Å². The molecule has 7 nitrogen and oxygen atoms in total. The van der Waals surface area contributed by atoms with Crippen molar-refractivity contribution in [2.75, 3.05) is 28.4 Å². The van der Waals surface area contributed by atoms with Gasteiger partial charge in [-0.2, -0.15) is 0 Å². The fourth-order valence-corrected chi connectivity index (χ4v) is 2.58. The molecule has 2 aromatic rings. The number of hydrogen-bond donors (Lipinski definition) is 0. The van der Waals surface area contributed by atoms with Crippen molar-refractivity contribution in [1.29, 1.82) is 0 Å². The van der Waals surface area contributed by atoms with Crippen LogP contribution in [-0.4, -0.2) is 33.4 Å². The second-order valence-electron chi connectivity index (χ2n) is 5.43. The molecule has 0 fully saturated rings. The predicted octanol–water partition coefficient (Wildman–Crippen LogP) is 4.19. The zero-order valence-electron chi connectivity index (χ0n) is 15.4. The number of allylic oxidation sites excluding steroid dienone is 1. The summed E-state index contributed by atoms with van der Waals surface area (Å²) >= 11 is 0. The molecule has 0 saturated carbocycles. The third-order valence-corrected chi connectivity index (χ3v) is 3.90. The van der Waals surface area contributed by atoms with E-state index in [2.05, 4.69) is 0 Å². The van der Waals surface area contributed by atoms with Gasteiger partial charge in [0.05, 0.1) is 33.4 Å². The summed E-state index contributed by atoms with van der Waals surface area (Å²) in [7, 11) is 6.04. The average molecular weight is 359 g/mol. The molecule has 0 saturated heterocycles. The van der Waals surface area contributed by atoms with Crippen LogP contribution in [0.25, 0.3) is 11.6 Å². The number of rotatable bonds is 7. The Kier molecular flexibility index (Phi) is 6.06. The van der Waals surface area contributed by atoms with Crippen molar-refractivity contribution in [2.45, 2.75) is 6.92 Å². The van der Waals surface area contributed by atoms with Crippen LogP contribution in [0.2, 0.25) is 0 Å². The summed E-state index contributed by atoms with van der Waals surface area (Å²) in [6.07, 6.45) is 1.84. The van der Waals surface area contributed by atoms with E-state index in [1.165, 1.54) is 13.2 Å². The third-order valence-electron chi connectivity index (χ3n) is 3.90. The fraction of sp³-hybridized carbons (Fsp3) is 0.263. The van der Waals surface area contributed by atoms with E-state index in [-0.39, 0.29) is 11.4 Å². The minimum atomic E-state index is -0.467. The minimum absolute atomic E-state index is 0.0843. The van der Waals surface area contributed by atoms with Gasteiger partial charge in [0.1, 0.15) is 0 Å². The molecule has 0 amide bonds. The van der Waals surface area contributed by atoms with Gasteiger partial charge in [-0.15, -0.1) is 0 Å². The van der Waals surface area contributed by atoms with Gasteiger partial charge in [-0.1, -0.05) is 12.1 Å². The van der Waals surface area contributed by atoms with E-state index >= 15 is 0 Å². The van der Waals surface area contributed by atoms with E-state index < -0.39 is 4.92 Å². The Labute approximate surface area is 151 Å². The van der Waals surface area contributed by atoms with Gasteiger partial charge in [-0.05, 0) is 41.8 Å². The lowest BCUT2D eigenvalue weighted by Crippen LogP contribution is -1.96. The first-order chi connectivity index (χ1) is 12.4. The minimum Gasteiger partial charge on any atom is -0.493 e. The second-order valence-corrected chi connectivity index (χ2v) is 5.43. The number of nitro groups is 1. The van der Waals surface area contributed by atoms with Gasteiger partial charge in [0.25, 0.3) is 0 Å². The lowest BCUT2D eigenvalue weighted by molar-refractivity contribution is -0.385. The van der Waals surface area contributed by atoms with Crippen molar-refractivity contribution in [2.24, 2.45) is 0 Å². The highest BCUT2D eigenvalue weighted by Gasteiger charge is 2.16. The number of methoxy groups -OCH3 is 4. The van der Waals surface area contributed by atoms with Crippen LogP contribution < -0.4 is 18.9 Å². The molecule has 2 rings (SSSR count). The summed E-state index contributed by atoms with van der Waals surface area (Å²) < 4.78 is 21.1. The zero-order valence-corrected chi connectivity index (χ0v) is 15.4. The van der Waals surface area contributed by atoms with Gasteiger partial charge in [-0.25, -0.2) is 0 Å². The van der Waals surface area contributed by atoms with Crippen molar-refractivity contribution in [3.8, 4) is 23.0 Å². The normalized spacial score (nSPS) is 11.0. The summed E-state index contributed by atoms with van der Waals surface area (Å²) in [5.41, 5.74) is 2.32. The lowest BCUT2D eigenvalue weighted by atomic mass is 10.0. The molecular formula is C19H21NO6. The van der Waals surface area contributed by atoms with Gasteiger partial charge in [0.15, 0.2) is 17.2 Å². The first-order valence-corrected chi connectivity index (χ1v) is 7.76. The van der Waals surface area contributed by atoms with Gasteiger partial charge >= 0.3 is 5.69 Å². The number of benzene rings is 2. The maximum absolute atomic E-state index is 11.2. The molecule has 0 aromatic heterocycles. The molecule has 0 radical (unpaired) electrons. The number of nitro benzene ring substituents is 1. The first kappa shape index (κ1) is 19.1. The first-order valence-electron chi connectivity index (χ1n) is 7.76. The smallest absolute Gasteiger partial charge is 0.311 e. The van der Waals surface area contributed by atoms with Crippen molar-refractivity contribution in [3.63, 3.8) is 0 Å². The maximum atomic E-state index is 11.2. The second kappa shape index (κ2) is 8.24. The summed E-state index contributed by atoms with van der Waals surface area (Å²) in [5.74, 6) is 1.80. The highest BCUT2D eigenvalue weighted by Crippen LogP contribution is 2.40. The van der Waals surface area contributed by atoms with Crippen LogP contribution in [-0.2, 0) is 0 Å². The standard InChI is InChI=1S/C19H21NO6/c1-12(8-13-6-7-16(23-2)15(9-13)20(21)22)14-10-17(24-3)19(26-5)18(11-14)25-4/h6-11H,1-5H3. The Morgan fingerprint density at radius 2 is 1.50 bits per heavy atom. The van der Waals surface area contributed by atoms with Crippen molar-refractivity contribution >= 4 is 17.3 Å². The van der Waals surface area contributed by atoms with E-state index in [0.29, 0.717) is 22.8 Å². The summed E-state index contributed by atoms with van der Waals surface area (Å²) in [6, 6.07) is 8.45. The highest BCUT2D eigenvalue weighted by molar-refractivity contribution is 5.82. The zero-order chi connectivity index (χ0) is 19.3. The molecule has 0 atom stereocenters. The van der Waals surface area contributed by atoms with Gasteiger partial charge in [0, 0.05) is 6.07 Å². The Morgan fingerprint density at radius 1 is 0.923 bits per heavy atom. The Bertz CT molecular complexity index is 819. The highest BCUT2D eigenvalue weighted by atomic mass is 16.6. The van der Waals surface area contributed by atoms with Crippen LogP contribution in [0.15, 0.2) is 30.3 Å². The number of hydrogen-bond acceptors (Lipinski definition) is 6. The van der Waals surface area contributed by atoms with Crippen LogP contribution in [0.1, 0.15) is 18.1 Å². The van der Waals surface area contributed by atoms with Gasteiger partial charge < -0.3 is 18.9 Å². The monoisotopic (exact) mass is 359 g/mol. The van der Waals surface area contributed by atoms with Crippen LogP contribution >= 0.6 is 0 Å². The molecule has 0 aliphatic heterocycles. The van der Waals surface area contributed by atoms with Crippen LogP contribution in [0.3, 0.4) is 0 Å². The summed E-state index contributed by atoms with van der Waals surface area (Å²) in [4.78, 5) is 10.7. The SMILES string of the molecule is COc1ccc(C=C(C)c2cc(OC)c(OC)c(OC)c2)cc1[N+](=O)[O-]. The lowest BCUT2D eigenvalue weighted by Gasteiger charge is -2.14. The van der Waals surface area contributed by atoms with Crippen molar-refractivity contribution in [1.82, 2.24) is 0 Å². The molecule has 0 N–H and O–H groups in total. The molecule has 138 valence electrons. The molecule has 0 heterocycles. The van der Waals surface area contributed by atoms with Gasteiger partial charge in [0.2, 0.25) is 5.75 Å². The Balaban J connectivity index is 2.50. The van der Waals surface area contributed by atoms with Crippen molar-refractivity contribution in [3.05, 3.63) is 51.6 Å². The molecule has 0 bridgehead atoms. The number of nitrogens with zero attached hydrogens (tertiary/aromatic N) is 1. The quantitative estimate of drug-likeness (QED) is 0.419. The van der Waals surface area contributed by atoms with Crippen LogP contribution in [0, 0.1) is 10.1 Å². The third kappa shape index (κ3) is 3.88. The molecule has 7 heteroatoms. The molecule has 2 aromatic carbocycles.